The number of nitrogens with two attached hydrogens (primary N) is 1. The molecule has 3 nitrogen and oxygen atoms in total. The van der Waals surface area contributed by atoms with E-state index in [2.05, 4.69) is 5.32 Å². The lowest BCUT2D eigenvalue weighted by Crippen LogP contribution is -2.26. The molecule has 0 bridgehead atoms. The van der Waals surface area contributed by atoms with Crippen molar-refractivity contribution in [2.75, 3.05) is 5.32 Å². The molecule has 5 heteroatoms. The van der Waals surface area contributed by atoms with E-state index in [1.165, 1.54) is 12.1 Å². The molecular weight excluding hydrogens is 231 g/mol. The molecule has 1 aromatic carbocycles. The van der Waals surface area contributed by atoms with E-state index < -0.39 is 5.82 Å². The summed E-state index contributed by atoms with van der Waals surface area (Å²) in [5.74, 6) is -0.846. The summed E-state index contributed by atoms with van der Waals surface area (Å²) in [6.45, 7) is 1.89. The lowest BCUT2D eigenvalue weighted by atomic mass is 10.1. The summed E-state index contributed by atoms with van der Waals surface area (Å²) in [7, 11) is 0. The van der Waals surface area contributed by atoms with E-state index in [1.54, 1.807) is 0 Å². The minimum absolute atomic E-state index is 0.123. The zero-order chi connectivity index (χ0) is 12.1. The molecule has 0 aromatic heterocycles. The Morgan fingerprint density at radius 1 is 1.62 bits per heavy atom. The quantitative estimate of drug-likeness (QED) is 0.855. The van der Waals surface area contributed by atoms with Gasteiger partial charge in [0.1, 0.15) is 5.82 Å². The van der Waals surface area contributed by atoms with Gasteiger partial charge in [-0.3, -0.25) is 4.79 Å². The predicted octanol–water partition coefficient (Wildman–Crippen LogP) is 2.54. The second-order valence-corrected chi connectivity index (χ2v) is 3.98. The molecule has 3 N–H and O–H groups in total. The van der Waals surface area contributed by atoms with Gasteiger partial charge in [-0.2, -0.15) is 0 Å². The smallest absolute Gasteiger partial charge is 0.226 e. The average Bonchev–Trinajstić information content (AvgIpc) is 2.22. The Morgan fingerprint density at radius 3 is 2.88 bits per heavy atom. The predicted molar refractivity (Wildman–Crippen MR) is 62.9 cm³/mol. The number of hydrogen-bond acceptors (Lipinski definition) is 2. The van der Waals surface area contributed by atoms with E-state index in [0.29, 0.717) is 11.4 Å². The number of rotatable bonds is 4. The van der Waals surface area contributed by atoms with Crippen LogP contribution in [0.25, 0.3) is 0 Å². The Bertz CT molecular complexity index is 384. The van der Waals surface area contributed by atoms with Crippen LogP contribution in [-0.4, -0.2) is 11.9 Å². The van der Waals surface area contributed by atoms with Gasteiger partial charge in [-0.1, -0.05) is 18.5 Å². The molecule has 1 aromatic rings. The summed E-state index contributed by atoms with van der Waals surface area (Å²) < 4.78 is 13.3. The summed E-state index contributed by atoms with van der Waals surface area (Å²) in [4.78, 5) is 11.4. The topological polar surface area (TPSA) is 55.1 Å². The first-order chi connectivity index (χ1) is 7.52. The molecule has 0 saturated heterocycles. The third kappa shape index (κ3) is 3.79. The SMILES string of the molecule is CCC(N)CC(=O)Nc1ccc(Cl)cc1F. The number of benzene rings is 1. The van der Waals surface area contributed by atoms with Crippen molar-refractivity contribution in [1.29, 1.82) is 0 Å². The Balaban J connectivity index is 2.63. The molecule has 0 aliphatic heterocycles. The van der Waals surface area contributed by atoms with Gasteiger partial charge >= 0.3 is 0 Å². The van der Waals surface area contributed by atoms with Gasteiger partial charge in [0.05, 0.1) is 5.69 Å². The van der Waals surface area contributed by atoms with Gasteiger partial charge in [-0.15, -0.1) is 0 Å². The Morgan fingerprint density at radius 2 is 2.31 bits per heavy atom. The summed E-state index contributed by atoms with van der Waals surface area (Å²) in [6.07, 6.45) is 0.884. The van der Waals surface area contributed by atoms with Gasteiger partial charge in [0.2, 0.25) is 5.91 Å². The van der Waals surface area contributed by atoms with Crippen LogP contribution in [0.2, 0.25) is 5.02 Å². The minimum Gasteiger partial charge on any atom is -0.327 e. The number of nitrogens with one attached hydrogen (secondary N) is 1. The third-order valence-electron chi connectivity index (χ3n) is 2.18. The van der Waals surface area contributed by atoms with E-state index in [0.717, 1.165) is 6.07 Å². The number of amides is 1. The first kappa shape index (κ1) is 12.9. The molecule has 1 unspecified atom stereocenters. The van der Waals surface area contributed by atoms with Crippen molar-refractivity contribution in [1.82, 2.24) is 0 Å². The summed E-state index contributed by atoms with van der Waals surface area (Å²) in [6, 6.07) is 3.89. The van der Waals surface area contributed by atoms with Crippen LogP contribution in [0, 0.1) is 5.82 Å². The van der Waals surface area contributed by atoms with Gasteiger partial charge < -0.3 is 11.1 Å². The monoisotopic (exact) mass is 244 g/mol. The first-order valence-corrected chi connectivity index (χ1v) is 5.41. The fourth-order valence-electron chi connectivity index (χ4n) is 1.17. The molecule has 0 aliphatic rings. The molecular formula is C11H14ClFN2O. The molecule has 1 rings (SSSR count). The van der Waals surface area contributed by atoms with Crippen LogP contribution in [0.15, 0.2) is 18.2 Å². The highest BCUT2D eigenvalue weighted by Gasteiger charge is 2.10. The fourth-order valence-corrected chi connectivity index (χ4v) is 1.33. The molecule has 88 valence electrons. The third-order valence-corrected chi connectivity index (χ3v) is 2.41. The second-order valence-electron chi connectivity index (χ2n) is 3.54. The van der Waals surface area contributed by atoms with Crippen LogP contribution in [0.1, 0.15) is 19.8 Å². The van der Waals surface area contributed by atoms with Gasteiger partial charge in [-0.25, -0.2) is 4.39 Å². The van der Waals surface area contributed by atoms with Gasteiger partial charge in [-0.05, 0) is 24.6 Å². The van der Waals surface area contributed by atoms with Crippen molar-refractivity contribution in [3.63, 3.8) is 0 Å². The average molecular weight is 245 g/mol. The van der Waals surface area contributed by atoms with Crippen LogP contribution < -0.4 is 11.1 Å². The Kier molecular flexibility index (Phi) is 4.71. The van der Waals surface area contributed by atoms with Crippen molar-refractivity contribution >= 4 is 23.2 Å². The maximum atomic E-state index is 13.3. The molecule has 1 amide bonds. The van der Waals surface area contributed by atoms with Crippen molar-refractivity contribution < 1.29 is 9.18 Å². The van der Waals surface area contributed by atoms with E-state index >= 15 is 0 Å². The summed E-state index contributed by atoms with van der Waals surface area (Å²) >= 11 is 5.59. The van der Waals surface area contributed by atoms with E-state index in [1.807, 2.05) is 6.92 Å². The maximum Gasteiger partial charge on any atom is 0.226 e. The van der Waals surface area contributed by atoms with Crippen molar-refractivity contribution in [3.8, 4) is 0 Å². The molecule has 0 radical (unpaired) electrons. The molecule has 0 spiro atoms. The Labute approximate surface area is 98.8 Å². The van der Waals surface area contributed by atoms with Gasteiger partial charge in [0, 0.05) is 17.5 Å². The number of hydrogen-bond donors (Lipinski definition) is 2. The maximum absolute atomic E-state index is 13.3. The number of carbonyl (C=O) groups excluding carboxylic acids is 1. The number of carbonyl (C=O) groups is 1. The molecule has 0 aliphatic carbocycles. The molecule has 1 atom stereocenters. The lowest BCUT2D eigenvalue weighted by molar-refractivity contribution is -0.116. The number of anilines is 1. The highest BCUT2D eigenvalue weighted by molar-refractivity contribution is 6.30. The zero-order valence-corrected chi connectivity index (χ0v) is 9.72. The standard InChI is InChI=1S/C11H14ClFN2O/c1-2-8(14)6-11(16)15-10-4-3-7(12)5-9(10)13/h3-5,8H,2,6,14H2,1H3,(H,15,16). The summed E-state index contributed by atoms with van der Waals surface area (Å²) in [5, 5.41) is 2.74. The van der Waals surface area contributed by atoms with Crippen LogP contribution >= 0.6 is 11.6 Å². The normalized spacial score (nSPS) is 12.2. The fraction of sp³-hybridized carbons (Fsp3) is 0.364. The van der Waals surface area contributed by atoms with E-state index in [9.17, 15) is 9.18 Å². The van der Waals surface area contributed by atoms with Crippen LogP contribution in [0.3, 0.4) is 0 Å². The second kappa shape index (κ2) is 5.82. The molecule has 0 fully saturated rings. The zero-order valence-electron chi connectivity index (χ0n) is 8.97. The van der Waals surface area contributed by atoms with Crippen LogP contribution in [-0.2, 0) is 4.79 Å². The van der Waals surface area contributed by atoms with Gasteiger partial charge in [0.15, 0.2) is 0 Å². The minimum atomic E-state index is -0.550. The molecule has 0 saturated carbocycles. The summed E-state index contributed by atoms with van der Waals surface area (Å²) in [5.41, 5.74) is 5.74. The highest BCUT2D eigenvalue weighted by Crippen LogP contribution is 2.19. The molecule has 16 heavy (non-hydrogen) atoms. The number of halogens is 2. The van der Waals surface area contributed by atoms with E-state index in [-0.39, 0.29) is 24.1 Å². The van der Waals surface area contributed by atoms with Crippen molar-refractivity contribution in [3.05, 3.63) is 29.0 Å². The first-order valence-electron chi connectivity index (χ1n) is 5.03. The van der Waals surface area contributed by atoms with Crippen molar-refractivity contribution in [2.24, 2.45) is 5.73 Å². The van der Waals surface area contributed by atoms with Crippen molar-refractivity contribution in [2.45, 2.75) is 25.8 Å². The van der Waals surface area contributed by atoms with Gasteiger partial charge in [0.25, 0.3) is 0 Å². The molecule has 0 heterocycles. The van der Waals surface area contributed by atoms with Crippen LogP contribution in [0.4, 0.5) is 10.1 Å². The lowest BCUT2D eigenvalue weighted by Gasteiger charge is -2.10. The highest BCUT2D eigenvalue weighted by atomic mass is 35.5. The Hall–Kier alpha value is -1.13. The van der Waals surface area contributed by atoms with E-state index in [4.69, 9.17) is 17.3 Å². The van der Waals surface area contributed by atoms with Crippen LogP contribution in [0.5, 0.6) is 0 Å². The largest absolute Gasteiger partial charge is 0.327 e.